The van der Waals surface area contributed by atoms with Crippen molar-refractivity contribution in [2.24, 2.45) is 0 Å². The number of hydrogen-bond acceptors (Lipinski definition) is 4. The summed E-state index contributed by atoms with van der Waals surface area (Å²) < 4.78 is 0. The van der Waals surface area contributed by atoms with Gasteiger partial charge in [0, 0.05) is 49.3 Å². The van der Waals surface area contributed by atoms with Crippen LogP contribution in [0.25, 0.3) is 11.1 Å². The highest BCUT2D eigenvalue weighted by Gasteiger charge is 2.24. The van der Waals surface area contributed by atoms with Gasteiger partial charge in [0.15, 0.2) is 0 Å². The SMILES string of the molecule is CC1=C(C)N(c2cc(-c3c(C)cc(C)cc3C)cc(N3C=CN(C)C3)c2)CN1C. The molecule has 2 aliphatic rings. The summed E-state index contributed by atoms with van der Waals surface area (Å²) in [7, 11) is 4.28. The maximum atomic E-state index is 2.42. The fourth-order valence-electron chi connectivity index (χ4n) is 4.56. The molecule has 152 valence electrons. The average Bonchev–Trinajstić information content (AvgIpc) is 3.19. The van der Waals surface area contributed by atoms with Crippen molar-refractivity contribution in [1.82, 2.24) is 9.80 Å². The molecule has 0 aromatic heterocycles. The molecule has 29 heavy (non-hydrogen) atoms. The molecular formula is C25H32N4. The Morgan fingerprint density at radius 2 is 1.34 bits per heavy atom. The first-order valence-electron chi connectivity index (χ1n) is 10.3. The van der Waals surface area contributed by atoms with E-state index < -0.39 is 0 Å². The highest BCUT2D eigenvalue weighted by Crippen LogP contribution is 2.38. The van der Waals surface area contributed by atoms with Gasteiger partial charge in [-0.15, -0.1) is 0 Å². The summed E-state index contributed by atoms with van der Waals surface area (Å²) in [6.07, 6.45) is 4.30. The van der Waals surface area contributed by atoms with Crippen molar-refractivity contribution < 1.29 is 0 Å². The van der Waals surface area contributed by atoms with Crippen LogP contribution in [0.15, 0.2) is 54.1 Å². The average molecular weight is 389 g/mol. The number of nitrogens with zero attached hydrogens (tertiary/aromatic N) is 4. The lowest BCUT2D eigenvalue weighted by Gasteiger charge is -2.26. The van der Waals surface area contributed by atoms with Gasteiger partial charge < -0.3 is 19.6 Å². The standard InChI is InChI=1S/C25H32N4/c1-17-10-18(2)25(19(3)11-17)22-12-23(28-9-8-26(6)15-28)14-24(13-22)29-16-27(7)20(4)21(29)5/h8-14H,15-16H2,1-7H3. The molecular weight excluding hydrogens is 356 g/mol. The van der Waals surface area contributed by atoms with Gasteiger partial charge in [0.25, 0.3) is 0 Å². The molecule has 2 aliphatic heterocycles. The number of rotatable bonds is 3. The summed E-state index contributed by atoms with van der Waals surface area (Å²) >= 11 is 0. The van der Waals surface area contributed by atoms with Gasteiger partial charge in [-0.2, -0.15) is 0 Å². The van der Waals surface area contributed by atoms with Crippen molar-refractivity contribution in [1.29, 1.82) is 0 Å². The van der Waals surface area contributed by atoms with Crippen LogP contribution in [-0.4, -0.2) is 37.2 Å². The molecule has 0 bridgehead atoms. The van der Waals surface area contributed by atoms with Gasteiger partial charge in [0.1, 0.15) is 0 Å². The Morgan fingerprint density at radius 3 is 1.90 bits per heavy atom. The molecule has 0 unspecified atom stereocenters. The van der Waals surface area contributed by atoms with E-state index >= 15 is 0 Å². The molecule has 2 aromatic carbocycles. The number of hydrogen-bond donors (Lipinski definition) is 0. The zero-order valence-corrected chi connectivity index (χ0v) is 18.7. The van der Waals surface area contributed by atoms with Gasteiger partial charge in [-0.25, -0.2) is 0 Å². The smallest absolute Gasteiger partial charge is 0.0943 e. The summed E-state index contributed by atoms with van der Waals surface area (Å²) in [5.74, 6) is 0. The highest BCUT2D eigenvalue weighted by atomic mass is 15.4. The van der Waals surface area contributed by atoms with E-state index in [1.54, 1.807) is 0 Å². The first-order chi connectivity index (χ1) is 13.7. The van der Waals surface area contributed by atoms with Crippen LogP contribution >= 0.6 is 0 Å². The van der Waals surface area contributed by atoms with Crippen LogP contribution in [0.3, 0.4) is 0 Å². The van der Waals surface area contributed by atoms with E-state index in [2.05, 4.69) is 111 Å². The van der Waals surface area contributed by atoms with Gasteiger partial charge in [-0.1, -0.05) is 17.7 Å². The maximum absolute atomic E-state index is 2.42. The Bertz CT molecular complexity index is 994. The summed E-state index contributed by atoms with van der Waals surface area (Å²) in [4.78, 5) is 9.25. The lowest BCUT2D eigenvalue weighted by Crippen LogP contribution is -2.25. The molecule has 4 heteroatoms. The normalized spacial score (nSPS) is 16.7. The Labute approximate surface area is 175 Å². The van der Waals surface area contributed by atoms with E-state index in [9.17, 15) is 0 Å². The van der Waals surface area contributed by atoms with Crippen LogP contribution in [0.2, 0.25) is 0 Å². The third-order valence-electron chi connectivity index (χ3n) is 6.24. The van der Waals surface area contributed by atoms with Crippen molar-refractivity contribution in [2.75, 3.05) is 37.2 Å². The molecule has 0 saturated carbocycles. The number of aryl methyl sites for hydroxylation is 3. The second-order valence-corrected chi connectivity index (χ2v) is 8.62. The molecule has 4 nitrogen and oxygen atoms in total. The zero-order chi connectivity index (χ0) is 20.9. The largest absolute Gasteiger partial charge is 0.361 e. The van der Waals surface area contributed by atoms with Crippen LogP contribution in [0.5, 0.6) is 0 Å². The Hall–Kier alpha value is -2.88. The zero-order valence-electron chi connectivity index (χ0n) is 18.7. The number of allylic oxidation sites excluding steroid dienone is 2. The monoisotopic (exact) mass is 388 g/mol. The maximum Gasteiger partial charge on any atom is 0.0943 e. The molecule has 2 aromatic rings. The van der Waals surface area contributed by atoms with E-state index in [1.165, 1.54) is 50.6 Å². The molecule has 0 saturated heterocycles. The predicted molar refractivity (Wildman–Crippen MR) is 124 cm³/mol. The predicted octanol–water partition coefficient (Wildman–Crippen LogP) is 5.42. The van der Waals surface area contributed by atoms with E-state index in [4.69, 9.17) is 0 Å². The lowest BCUT2D eigenvalue weighted by molar-refractivity contribution is 0.460. The third kappa shape index (κ3) is 3.48. The quantitative estimate of drug-likeness (QED) is 0.696. The molecule has 2 heterocycles. The Kier molecular flexibility index (Phi) is 4.81. The number of benzene rings is 2. The lowest BCUT2D eigenvalue weighted by atomic mass is 9.93. The summed E-state index contributed by atoms with van der Waals surface area (Å²) in [5, 5.41) is 0. The minimum absolute atomic E-state index is 0.877. The molecule has 4 rings (SSSR count). The molecule has 0 N–H and O–H groups in total. The van der Waals surface area contributed by atoms with Gasteiger partial charge >= 0.3 is 0 Å². The Balaban J connectivity index is 1.87. The second kappa shape index (κ2) is 7.18. The molecule has 0 spiro atoms. The van der Waals surface area contributed by atoms with E-state index in [1.807, 2.05) is 0 Å². The first kappa shape index (κ1) is 19.4. The summed E-state index contributed by atoms with van der Waals surface area (Å²) in [6.45, 7) is 12.8. The fraction of sp³-hybridized carbons (Fsp3) is 0.360. The van der Waals surface area contributed by atoms with Gasteiger partial charge in [0.2, 0.25) is 0 Å². The van der Waals surface area contributed by atoms with Gasteiger partial charge in [0.05, 0.1) is 13.3 Å². The van der Waals surface area contributed by atoms with Crippen molar-refractivity contribution in [3.8, 4) is 11.1 Å². The van der Waals surface area contributed by atoms with Crippen molar-refractivity contribution in [3.63, 3.8) is 0 Å². The van der Waals surface area contributed by atoms with Crippen LogP contribution in [0, 0.1) is 20.8 Å². The number of anilines is 2. The van der Waals surface area contributed by atoms with Crippen LogP contribution in [0.4, 0.5) is 11.4 Å². The Morgan fingerprint density at radius 1 is 0.690 bits per heavy atom. The topological polar surface area (TPSA) is 13.0 Å². The molecule has 0 amide bonds. The molecule has 0 atom stereocenters. The summed E-state index contributed by atoms with van der Waals surface area (Å²) in [5.41, 5.74) is 11.8. The minimum Gasteiger partial charge on any atom is -0.361 e. The fourth-order valence-corrected chi connectivity index (χ4v) is 4.56. The molecule has 0 aliphatic carbocycles. The van der Waals surface area contributed by atoms with E-state index in [0.717, 1.165) is 13.3 Å². The van der Waals surface area contributed by atoms with E-state index in [-0.39, 0.29) is 0 Å². The van der Waals surface area contributed by atoms with Crippen LogP contribution < -0.4 is 9.80 Å². The minimum atomic E-state index is 0.877. The van der Waals surface area contributed by atoms with Crippen molar-refractivity contribution in [3.05, 3.63) is 70.8 Å². The van der Waals surface area contributed by atoms with Crippen LogP contribution in [0.1, 0.15) is 30.5 Å². The molecule has 0 fully saturated rings. The van der Waals surface area contributed by atoms with Gasteiger partial charge in [-0.05, 0) is 75.1 Å². The third-order valence-corrected chi connectivity index (χ3v) is 6.24. The summed E-state index contributed by atoms with van der Waals surface area (Å²) in [6, 6.07) is 11.6. The van der Waals surface area contributed by atoms with Gasteiger partial charge in [-0.3, -0.25) is 0 Å². The molecule has 0 radical (unpaired) electrons. The van der Waals surface area contributed by atoms with Crippen molar-refractivity contribution in [2.45, 2.75) is 34.6 Å². The van der Waals surface area contributed by atoms with Crippen molar-refractivity contribution >= 4 is 11.4 Å². The van der Waals surface area contributed by atoms with Crippen LogP contribution in [-0.2, 0) is 0 Å². The second-order valence-electron chi connectivity index (χ2n) is 8.62. The van der Waals surface area contributed by atoms with E-state index in [0.29, 0.717) is 0 Å². The first-order valence-corrected chi connectivity index (χ1v) is 10.3. The highest BCUT2D eigenvalue weighted by molar-refractivity contribution is 5.80.